The maximum Gasteiger partial charge on any atom is 0.231 e. The standard InChI is InChI=1S/C23H23N3O5S/c1-29-15-8-9-16(20(11-15)31-3)17-13-32-23(24-17)25-22(28)14-10-21(27)26(12-14)18-6-4-5-7-19(18)30-2/h4-9,11,13-14H,10,12H2,1-3H3,(H,24,25,28). The highest BCUT2D eigenvalue weighted by molar-refractivity contribution is 7.14. The Bertz CT molecular complexity index is 1150. The molecule has 1 saturated heterocycles. The van der Waals surface area contributed by atoms with E-state index in [9.17, 15) is 9.59 Å². The van der Waals surface area contributed by atoms with E-state index in [2.05, 4.69) is 10.3 Å². The number of benzene rings is 2. The summed E-state index contributed by atoms with van der Waals surface area (Å²) in [6.45, 7) is 0.287. The number of anilines is 2. The molecule has 1 unspecified atom stereocenters. The molecule has 1 atom stereocenters. The van der Waals surface area contributed by atoms with Crippen molar-refractivity contribution in [1.29, 1.82) is 0 Å². The molecule has 32 heavy (non-hydrogen) atoms. The van der Waals surface area contributed by atoms with Gasteiger partial charge in [0.2, 0.25) is 11.8 Å². The van der Waals surface area contributed by atoms with E-state index in [0.29, 0.717) is 33.8 Å². The first-order valence-corrected chi connectivity index (χ1v) is 10.8. The first-order valence-electron chi connectivity index (χ1n) is 9.96. The summed E-state index contributed by atoms with van der Waals surface area (Å²) < 4.78 is 16.0. The minimum absolute atomic E-state index is 0.113. The van der Waals surface area contributed by atoms with Crippen molar-refractivity contribution in [1.82, 2.24) is 4.98 Å². The van der Waals surface area contributed by atoms with E-state index in [4.69, 9.17) is 14.2 Å². The zero-order valence-electron chi connectivity index (χ0n) is 18.0. The summed E-state index contributed by atoms with van der Waals surface area (Å²) >= 11 is 1.32. The van der Waals surface area contributed by atoms with E-state index in [-0.39, 0.29) is 24.8 Å². The fraction of sp³-hybridized carbons (Fsp3) is 0.261. The Balaban J connectivity index is 1.47. The molecule has 2 heterocycles. The molecule has 0 saturated carbocycles. The predicted molar refractivity (Wildman–Crippen MR) is 123 cm³/mol. The number of ether oxygens (including phenoxy) is 3. The van der Waals surface area contributed by atoms with E-state index < -0.39 is 5.92 Å². The van der Waals surface area contributed by atoms with Gasteiger partial charge in [0.25, 0.3) is 0 Å². The summed E-state index contributed by atoms with van der Waals surface area (Å²) in [5.41, 5.74) is 2.14. The highest BCUT2D eigenvalue weighted by Crippen LogP contribution is 2.36. The van der Waals surface area contributed by atoms with Crippen molar-refractivity contribution in [3.63, 3.8) is 0 Å². The molecule has 0 radical (unpaired) electrons. The average molecular weight is 454 g/mol. The van der Waals surface area contributed by atoms with Crippen LogP contribution in [0.2, 0.25) is 0 Å². The normalized spacial score (nSPS) is 15.5. The van der Waals surface area contributed by atoms with Gasteiger partial charge in [0.05, 0.1) is 38.6 Å². The lowest BCUT2D eigenvalue weighted by Gasteiger charge is -2.19. The first kappa shape index (κ1) is 21.6. The third-order valence-corrected chi connectivity index (χ3v) is 6.05. The molecule has 2 amide bonds. The Hall–Kier alpha value is -3.59. The lowest BCUT2D eigenvalue weighted by molar-refractivity contribution is -0.122. The number of methoxy groups -OCH3 is 3. The molecule has 1 aromatic heterocycles. The van der Waals surface area contributed by atoms with Crippen LogP contribution in [0.5, 0.6) is 17.2 Å². The van der Waals surface area contributed by atoms with Gasteiger partial charge in [-0.05, 0) is 24.3 Å². The van der Waals surface area contributed by atoms with Gasteiger partial charge in [-0.2, -0.15) is 0 Å². The van der Waals surface area contributed by atoms with Crippen molar-refractivity contribution in [2.75, 3.05) is 38.1 Å². The van der Waals surface area contributed by atoms with Crippen LogP contribution in [0, 0.1) is 5.92 Å². The Morgan fingerprint density at radius 1 is 1.09 bits per heavy atom. The Morgan fingerprint density at radius 3 is 2.62 bits per heavy atom. The minimum atomic E-state index is -0.477. The van der Waals surface area contributed by atoms with Crippen LogP contribution in [0.4, 0.5) is 10.8 Å². The summed E-state index contributed by atoms with van der Waals surface area (Å²) in [4.78, 5) is 31.5. The van der Waals surface area contributed by atoms with Crippen molar-refractivity contribution >= 4 is 34.0 Å². The molecule has 4 rings (SSSR count). The van der Waals surface area contributed by atoms with Gasteiger partial charge in [-0.25, -0.2) is 4.98 Å². The van der Waals surface area contributed by atoms with Gasteiger partial charge in [0, 0.05) is 30.0 Å². The second-order valence-electron chi connectivity index (χ2n) is 7.17. The maximum atomic E-state index is 12.8. The molecule has 2 aromatic carbocycles. The van der Waals surface area contributed by atoms with Crippen molar-refractivity contribution in [2.24, 2.45) is 5.92 Å². The van der Waals surface area contributed by atoms with E-state index in [1.807, 2.05) is 35.7 Å². The van der Waals surface area contributed by atoms with Crippen LogP contribution in [0.15, 0.2) is 47.8 Å². The third-order valence-electron chi connectivity index (χ3n) is 5.29. The van der Waals surface area contributed by atoms with Gasteiger partial charge in [-0.15, -0.1) is 11.3 Å². The lowest BCUT2D eigenvalue weighted by atomic mass is 10.1. The van der Waals surface area contributed by atoms with Gasteiger partial charge in [0.1, 0.15) is 17.2 Å². The van der Waals surface area contributed by atoms with Crippen LogP contribution in [0.25, 0.3) is 11.3 Å². The van der Waals surface area contributed by atoms with Crippen LogP contribution in [-0.2, 0) is 9.59 Å². The number of hydrogen-bond donors (Lipinski definition) is 1. The van der Waals surface area contributed by atoms with Crippen molar-refractivity contribution in [3.8, 4) is 28.5 Å². The summed E-state index contributed by atoms with van der Waals surface area (Å²) in [7, 11) is 4.73. The molecule has 8 nitrogen and oxygen atoms in total. The molecule has 0 spiro atoms. The monoisotopic (exact) mass is 453 g/mol. The quantitative estimate of drug-likeness (QED) is 0.585. The number of hydrogen-bond acceptors (Lipinski definition) is 7. The number of nitrogens with zero attached hydrogens (tertiary/aromatic N) is 2. The fourth-order valence-corrected chi connectivity index (χ4v) is 4.35. The van der Waals surface area contributed by atoms with Gasteiger partial charge < -0.3 is 24.4 Å². The van der Waals surface area contributed by atoms with Gasteiger partial charge in [-0.3, -0.25) is 9.59 Å². The largest absolute Gasteiger partial charge is 0.497 e. The van der Waals surface area contributed by atoms with Gasteiger partial charge >= 0.3 is 0 Å². The van der Waals surface area contributed by atoms with E-state index in [1.165, 1.54) is 11.3 Å². The molecule has 0 aliphatic carbocycles. The Morgan fingerprint density at radius 2 is 1.88 bits per heavy atom. The maximum absolute atomic E-state index is 12.8. The van der Waals surface area contributed by atoms with Crippen LogP contribution < -0.4 is 24.4 Å². The molecule has 166 valence electrons. The number of thiazole rings is 1. The molecule has 3 aromatic rings. The fourth-order valence-electron chi connectivity index (χ4n) is 3.64. The van der Waals surface area contributed by atoms with Crippen LogP contribution in [-0.4, -0.2) is 44.7 Å². The Labute approximate surface area is 189 Å². The molecule has 1 fully saturated rings. The third kappa shape index (κ3) is 4.24. The number of carbonyl (C=O) groups is 2. The highest BCUT2D eigenvalue weighted by atomic mass is 32.1. The first-order chi connectivity index (χ1) is 15.5. The molecule has 0 bridgehead atoms. The van der Waals surface area contributed by atoms with Crippen LogP contribution >= 0.6 is 11.3 Å². The van der Waals surface area contributed by atoms with Crippen molar-refractivity contribution < 1.29 is 23.8 Å². The number of para-hydroxylation sites is 2. The smallest absolute Gasteiger partial charge is 0.231 e. The molecule has 1 N–H and O–H groups in total. The summed E-state index contributed by atoms with van der Waals surface area (Å²) in [5.74, 6) is 1.08. The lowest BCUT2D eigenvalue weighted by Crippen LogP contribution is -2.28. The zero-order chi connectivity index (χ0) is 22.7. The summed E-state index contributed by atoms with van der Waals surface area (Å²) in [5, 5.41) is 5.16. The zero-order valence-corrected chi connectivity index (χ0v) is 18.8. The molecular formula is C23H23N3O5S. The number of rotatable bonds is 7. The predicted octanol–water partition coefficient (Wildman–Crippen LogP) is 3.83. The second-order valence-corrected chi connectivity index (χ2v) is 8.03. The van der Waals surface area contributed by atoms with Gasteiger partial charge in [-0.1, -0.05) is 12.1 Å². The molecular weight excluding hydrogens is 430 g/mol. The van der Waals surface area contributed by atoms with E-state index >= 15 is 0 Å². The topological polar surface area (TPSA) is 90.0 Å². The van der Waals surface area contributed by atoms with Crippen LogP contribution in [0.1, 0.15) is 6.42 Å². The second kappa shape index (κ2) is 9.27. The number of amides is 2. The Kier molecular flexibility index (Phi) is 6.27. The van der Waals surface area contributed by atoms with E-state index in [1.54, 1.807) is 38.4 Å². The van der Waals surface area contributed by atoms with Gasteiger partial charge in [0.15, 0.2) is 5.13 Å². The van der Waals surface area contributed by atoms with Crippen molar-refractivity contribution in [3.05, 3.63) is 47.8 Å². The minimum Gasteiger partial charge on any atom is -0.497 e. The van der Waals surface area contributed by atoms with Crippen LogP contribution in [0.3, 0.4) is 0 Å². The number of carbonyl (C=O) groups excluding carboxylic acids is 2. The summed E-state index contributed by atoms with van der Waals surface area (Å²) in [6, 6.07) is 12.7. The molecule has 1 aliphatic rings. The molecule has 9 heteroatoms. The summed E-state index contributed by atoms with van der Waals surface area (Å²) in [6.07, 6.45) is 0.133. The molecule has 1 aliphatic heterocycles. The number of aromatic nitrogens is 1. The average Bonchev–Trinajstić information content (AvgIpc) is 3.45. The van der Waals surface area contributed by atoms with Crippen molar-refractivity contribution in [2.45, 2.75) is 6.42 Å². The SMILES string of the molecule is COc1ccc(-c2csc(NC(=O)C3CC(=O)N(c4ccccc4OC)C3)n2)c(OC)c1. The van der Waals surface area contributed by atoms with E-state index in [0.717, 1.165) is 5.56 Å². The highest BCUT2D eigenvalue weighted by Gasteiger charge is 2.36. The number of nitrogens with one attached hydrogen (secondary N) is 1.